The summed E-state index contributed by atoms with van der Waals surface area (Å²) in [7, 11) is 0. The van der Waals surface area contributed by atoms with E-state index in [1.807, 2.05) is 0 Å². The van der Waals surface area contributed by atoms with Crippen LogP contribution < -0.4 is 0 Å². The van der Waals surface area contributed by atoms with Crippen LogP contribution >= 0.6 is 0 Å². The van der Waals surface area contributed by atoms with Gasteiger partial charge < -0.3 is 0 Å². The van der Waals surface area contributed by atoms with E-state index >= 15 is 0 Å². The van der Waals surface area contributed by atoms with Crippen molar-refractivity contribution in [1.82, 2.24) is 0 Å². The van der Waals surface area contributed by atoms with E-state index in [2.05, 4.69) is 0 Å². The molecule has 0 bridgehead atoms. The van der Waals surface area contributed by atoms with Gasteiger partial charge in [-0.05, 0) is 0 Å². The number of carbonyl (C=O) groups excluding carboxylic acids is 2. The first kappa shape index (κ1) is 6.86. The minimum atomic E-state index is -0.403. The zero-order valence-corrected chi connectivity index (χ0v) is 5.94. The first-order valence-corrected chi connectivity index (χ1v) is 3.53. The Morgan fingerprint density at radius 3 is 1.43 bits per heavy atom. The van der Waals surface area contributed by atoms with Gasteiger partial charge in [-0.1, -0.05) is 0 Å². The van der Waals surface area contributed by atoms with Crippen LogP contribution in [0.5, 0.6) is 0 Å². The van der Waals surface area contributed by atoms with E-state index in [0.29, 0.717) is 0 Å². The number of carbonyl (C=O) groups is 2. The third-order valence-corrected chi connectivity index (χ3v) is 1.49. The van der Waals surface area contributed by atoms with Crippen LogP contribution in [0.3, 0.4) is 0 Å². The molecular formula is C4H6O2Se. The van der Waals surface area contributed by atoms with E-state index in [0.717, 1.165) is 0 Å². The Bertz CT molecular complexity index is 85.9. The second kappa shape index (κ2) is 2.94. The molecule has 40 valence electrons. The molecule has 2 nitrogen and oxygen atoms in total. The van der Waals surface area contributed by atoms with Gasteiger partial charge in [-0.25, -0.2) is 0 Å². The Kier molecular flexibility index (Phi) is 2.88. The number of hydrogen-bond donors (Lipinski definition) is 0. The van der Waals surface area contributed by atoms with Crippen LogP contribution in [0, 0.1) is 0 Å². The van der Waals surface area contributed by atoms with Gasteiger partial charge in [-0.2, -0.15) is 0 Å². The minimum absolute atomic E-state index is 0.000000000000000222. The van der Waals surface area contributed by atoms with Crippen LogP contribution in [-0.2, 0) is 9.59 Å². The third-order valence-electron chi connectivity index (χ3n) is 0.287. The fourth-order valence-electron chi connectivity index (χ4n) is 0.202. The topological polar surface area (TPSA) is 34.1 Å². The molecule has 0 unspecified atom stereocenters. The summed E-state index contributed by atoms with van der Waals surface area (Å²) in [5.74, 6) is 0. The molecule has 0 amide bonds. The molecule has 0 aliphatic carbocycles. The van der Waals surface area contributed by atoms with Crippen molar-refractivity contribution in [2.45, 2.75) is 13.8 Å². The molecule has 0 saturated heterocycles. The molecule has 0 radical (unpaired) electrons. The second-order valence-electron chi connectivity index (χ2n) is 1.09. The van der Waals surface area contributed by atoms with Gasteiger partial charge in [0.25, 0.3) is 0 Å². The summed E-state index contributed by atoms with van der Waals surface area (Å²) in [4.78, 5) is 20.1. The predicted molar refractivity (Wildman–Crippen MR) is 27.1 cm³/mol. The molecule has 3 heteroatoms. The van der Waals surface area contributed by atoms with Crippen LogP contribution in [0.2, 0.25) is 0 Å². The SMILES string of the molecule is CC(=O)[Se]C(C)=O. The number of hydrogen-bond acceptors (Lipinski definition) is 2. The van der Waals surface area contributed by atoms with Crippen molar-refractivity contribution in [2.24, 2.45) is 0 Å². The first-order chi connectivity index (χ1) is 3.13. The summed E-state index contributed by atoms with van der Waals surface area (Å²) in [5, 5.41) is 0. The fraction of sp³-hybridized carbons (Fsp3) is 0.500. The first-order valence-electron chi connectivity index (χ1n) is 1.82. The average molecular weight is 165 g/mol. The Balaban J connectivity index is 3.32. The zero-order chi connectivity index (χ0) is 5.86. The van der Waals surface area contributed by atoms with E-state index in [9.17, 15) is 9.59 Å². The van der Waals surface area contributed by atoms with Gasteiger partial charge in [0.05, 0.1) is 0 Å². The van der Waals surface area contributed by atoms with Crippen molar-refractivity contribution >= 4 is 24.3 Å². The Morgan fingerprint density at radius 1 is 1.14 bits per heavy atom. The monoisotopic (exact) mass is 166 g/mol. The van der Waals surface area contributed by atoms with Crippen LogP contribution in [0.25, 0.3) is 0 Å². The Labute approximate surface area is 48.4 Å². The molecule has 0 N–H and O–H groups in total. The Hall–Kier alpha value is -0.141. The summed E-state index contributed by atoms with van der Waals surface area (Å²) < 4.78 is 0.000000000000000666. The molecule has 0 aromatic carbocycles. The summed E-state index contributed by atoms with van der Waals surface area (Å²) in [5.41, 5.74) is 0. The Morgan fingerprint density at radius 2 is 1.43 bits per heavy atom. The molecule has 0 heterocycles. The number of rotatable bonds is 2. The van der Waals surface area contributed by atoms with Gasteiger partial charge in [-0.15, -0.1) is 0 Å². The fourth-order valence-corrected chi connectivity index (χ4v) is 1.05. The van der Waals surface area contributed by atoms with Gasteiger partial charge in [0.1, 0.15) is 0 Å². The average Bonchev–Trinajstić information content (AvgIpc) is 1.27. The van der Waals surface area contributed by atoms with Gasteiger partial charge in [0, 0.05) is 0 Å². The molecule has 0 aliphatic rings. The molecule has 0 spiro atoms. The maximum atomic E-state index is 10.1. The molecule has 0 aromatic rings. The molecule has 0 atom stereocenters. The molecule has 0 fully saturated rings. The van der Waals surface area contributed by atoms with Crippen molar-refractivity contribution in [3.05, 3.63) is 0 Å². The predicted octanol–water partition coefficient (Wildman–Crippen LogP) is -0.216. The quantitative estimate of drug-likeness (QED) is 0.530. The molecule has 7 heavy (non-hydrogen) atoms. The van der Waals surface area contributed by atoms with Crippen molar-refractivity contribution in [2.75, 3.05) is 0 Å². The van der Waals surface area contributed by atoms with E-state index < -0.39 is 15.0 Å². The molecular weight excluding hydrogens is 159 g/mol. The van der Waals surface area contributed by atoms with Crippen molar-refractivity contribution in [3.8, 4) is 0 Å². The second-order valence-corrected chi connectivity index (χ2v) is 3.93. The summed E-state index contributed by atoms with van der Waals surface area (Å²) in [6.45, 7) is 2.86. The molecule has 0 aromatic heterocycles. The standard InChI is InChI=1S/C4H6O2Se/c1-3(5)7-4(2)6/h1-2H3. The zero-order valence-electron chi connectivity index (χ0n) is 4.22. The van der Waals surface area contributed by atoms with E-state index in [-0.39, 0.29) is 9.36 Å². The summed E-state index contributed by atoms with van der Waals surface area (Å²) >= 11 is -0.403. The normalized spacial score (nSPS) is 8.29. The van der Waals surface area contributed by atoms with Gasteiger partial charge in [0.15, 0.2) is 0 Å². The van der Waals surface area contributed by atoms with E-state index in [1.165, 1.54) is 13.8 Å². The van der Waals surface area contributed by atoms with Gasteiger partial charge in [0.2, 0.25) is 0 Å². The summed E-state index contributed by atoms with van der Waals surface area (Å²) in [6, 6.07) is 0. The van der Waals surface area contributed by atoms with Gasteiger partial charge in [-0.3, -0.25) is 0 Å². The van der Waals surface area contributed by atoms with Crippen LogP contribution in [-0.4, -0.2) is 24.3 Å². The van der Waals surface area contributed by atoms with Crippen molar-refractivity contribution < 1.29 is 9.59 Å². The van der Waals surface area contributed by atoms with Crippen molar-refractivity contribution in [3.63, 3.8) is 0 Å². The van der Waals surface area contributed by atoms with Crippen LogP contribution in [0.1, 0.15) is 13.8 Å². The van der Waals surface area contributed by atoms with Crippen LogP contribution in [0.4, 0.5) is 0 Å². The van der Waals surface area contributed by atoms with E-state index in [4.69, 9.17) is 0 Å². The molecule has 0 rings (SSSR count). The van der Waals surface area contributed by atoms with Crippen molar-refractivity contribution in [1.29, 1.82) is 0 Å². The molecule has 0 saturated carbocycles. The molecule has 0 aliphatic heterocycles. The summed E-state index contributed by atoms with van der Waals surface area (Å²) in [6.07, 6.45) is 0. The van der Waals surface area contributed by atoms with Gasteiger partial charge >= 0.3 is 47.8 Å². The third kappa shape index (κ3) is 5.86. The van der Waals surface area contributed by atoms with E-state index in [1.54, 1.807) is 0 Å². The van der Waals surface area contributed by atoms with Crippen LogP contribution in [0.15, 0.2) is 0 Å². The maximum absolute atomic E-state index is 10.1.